The molecule has 0 aromatic carbocycles. The first-order valence-electron chi connectivity index (χ1n) is 4.88. The summed E-state index contributed by atoms with van der Waals surface area (Å²) in [7, 11) is 1.79. The van der Waals surface area contributed by atoms with E-state index < -0.39 is 0 Å². The van der Waals surface area contributed by atoms with Crippen molar-refractivity contribution in [3.05, 3.63) is 0 Å². The van der Waals surface area contributed by atoms with Gasteiger partial charge < -0.3 is 16.0 Å². The number of urea groups is 1. The number of rotatable bonds is 3. The Morgan fingerprint density at radius 3 is 2.69 bits per heavy atom. The highest BCUT2D eigenvalue weighted by atomic mass is 16.2. The number of amides is 2. The number of nitrogens with zero attached hydrogens (tertiary/aromatic N) is 1. The lowest BCUT2D eigenvalue weighted by molar-refractivity contribution is 0.200. The second kappa shape index (κ2) is 4.46. The van der Waals surface area contributed by atoms with Gasteiger partial charge in [-0.2, -0.15) is 0 Å². The normalized spacial score (nSPS) is 26.4. The van der Waals surface area contributed by atoms with E-state index in [9.17, 15) is 4.79 Å². The lowest BCUT2D eigenvalue weighted by atomic mass is 9.81. The predicted molar refractivity (Wildman–Crippen MR) is 52.4 cm³/mol. The van der Waals surface area contributed by atoms with Gasteiger partial charge in [0.25, 0.3) is 0 Å². The third kappa shape index (κ3) is 2.88. The number of hydrogen-bond donors (Lipinski definition) is 2. The van der Waals surface area contributed by atoms with Gasteiger partial charge in [-0.15, -0.1) is 0 Å². The fraction of sp³-hybridized carbons (Fsp3) is 0.889. The van der Waals surface area contributed by atoms with Gasteiger partial charge >= 0.3 is 6.03 Å². The second-order valence-electron chi connectivity index (χ2n) is 3.80. The molecule has 3 N–H and O–H groups in total. The van der Waals surface area contributed by atoms with E-state index in [2.05, 4.69) is 5.32 Å². The van der Waals surface area contributed by atoms with Gasteiger partial charge in [-0.05, 0) is 25.7 Å². The van der Waals surface area contributed by atoms with E-state index in [1.807, 2.05) is 6.92 Å². The first-order chi connectivity index (χ1) is 6.13. The maximum atomic E-state index is 11.3. The lowest BCUT2D eigenvalue weighted by Gasteiger charge is -2.32. The van der Waals surface area contributed by atoms with Crippen molar-refractivity contribution in [1.82, 2.24) is 10.2 Å². The van der Waals surface area contributed by atoms with Crippen molar-refractivity contribution < 1.29 is 4.79 Å². The van der Waals surface area contributed by atoms with Gasteiger partial charge in [0.2, 0.25) is 0 Å². The zero-order chi connectivity index (χ0) is 9.84. The average Bonchev–Trinajstić information content (AvgIpc) is 2.08. The number of nitrogens with two attached hydrogens (primary N) is 1. The summed E-state index contributed by atoms with van der Waals surface area (Å²) in [6.07, 6.45) is 2.10. The first-order valence-corrected chi connectivity index (χ1v) is 4.88. The molecule has 0 aliphatic heterocycles. The van der Waals surface area contributed by atoms with Crippen molar-refractivity contribution in [2.45, 2.75) is 25.8 Å². The number of nitrogens with one attached hydrogen (secondary N) is 1. The third-order valence-electron chi connectivity index (χ3n) is 2.64. The van der Waals surface area contributed by atoms with Crippen molar-refractivity contribution in [2.75, 3.05) is 20.1 Å². The standard InChI is InChI=1S/C9H19N3O/c1-3-12(2)9(13)11-6-7-4-8(10)5-7/h7-8H,3-6,10H2,1-2H3,(H,11,13). The molecule has 4 nitrogen and oxygen atoms in total. The number of carbonyl (C=O) groups is 1. The zero-order valence-corrected chi connectivity index (χ0v) is 8.42. The molecule has 13 heavy (non-hydrogen) atoms. The second-order valence-corrected chi connectivity index (χ2v) is 3.80. The third-order valence-corrected chi connectivity index (χ3v) is 2.64. The minimum atomic E-state index is 0.0166. The van der Waals surface area contributed by atoms with E-state index in [1.54, 1.807) is 11.9 Å². The van der Waals surface area contributed by atoms with Crippen molar-refractivity contribution in [1.29, 1.82) is 0 Å². The minimum Gasteiger partial charge on any atom is -0.338 e. The molecule has 0 bridgehead atoms. The fourth-order valence-electron chi connectivity index (χ4n) is 1.46. The van der Waals surface area contributed by atoms with Crippen LogP contribution in [-0.4, -0.2) is 37.1 Å². The molecule has 0 saturated heterocycles. The van der Waals surface area contributed by atoms with E-state index in [1.165, 1.54) is 0 Å². The number of hydrogen-bond acceptors (Lipinski definition) is 2. The van der Waals surface area contributed by atoms with Crippen LogP contribution in [0.2, 0.25) is 0 Å². The quantitative estimate of drug-likeness (QED) is 0.668. The van der Waals surface area contributed by atoms with Crippen LogP contribution in [0.5, 0.6) is 0 Å². The molecule has 1 rings (SSSR count). The van der Waals surface area contributed by atoms with Crippen LogP contribution >= 0.6 is 0 Å². The SMILES string of the molecule is CCN(C)C(=O)NCC1CC(N)C1. The van der Waals surface area contributed by atoms with E-state index in [-0.39, 0.29) is 6.03 Å². The van der Waals surface area contributed by atoms with Gasteiger partial charge in [0, 0.05) is 26.2 Å². The molecule has 0 radical (unpaired) electrons. The minimum absolute atomic E-state index is 0.0166. The molecular formula is C9H19N3O. The summed E-state index contributed by atoms with van der Waals surface area (Å²) >= 11 is 0. The van der Waals surface area contributed by atoms with Crippen LogP contribution in [0.1, 0.15) is 19.8 Å². The van der Waals surface area contributed by atoms with Crippen molar-refractivity contribution in [3.8, 4) is 0 Å². The van der Waals surface area contributed by atoms with E-state index in [0.717, 1.165) is 25.9 Å². The van der Waals surface area contributed by atoms with E-state index in [0.29, 0.717) is 12.0 Å². The molecule has 0 aromatic rings. The summed E-state index contributed by atoms with van der Waals surface area (Å²) < 4.78 is 0. The Morgan fingerprint density at radius 2 is 2.23 bits per heavy atom. The van der Waals surface area contributed by atoms with E-state index in [4.69, 9.17) is 5.73 Å². The maximum Gasteiger partial charge on any atom is 0.317 e. The molecule has 0 aromatic heterocycles. The Balaban J connectivity index is 2.09. The van der Waals surface area contributed by atoms with Gasteiger partial charge in [-0.1, -0.05) is 0 Å². The van der Waals surface area contributed by atoms with Gasteiger partial charge in [0.1, 0.15) is 0 Å². The Kier molecular flexibility index (Phi) is 3.54. The lowest BCUT2D eigenvalue weighted by Crippen LogP contribution is -2.45. The summed E-state index contributed by atoms with van der Waals surface area (Å²) in [6.45, 7) is 3.48. The summed E-state index contributed by atoms with van der Waals surface area (Å²) in [5.41, 5.74) is 5.64. The summed E-state index contributed by atoms with van der Waals surface area (Å²) in [5.74, 6) is 0.601. The maximum absolute atomic E-state index is 11.3. The van der Waals surface area contributed by atoms with Crippen LogP contribution in [0, 0.1) is 5.92 Å². The summed E-state index contributed by atoms with van der Waals surface area (Å²) in [6, 6.07) is 0.383. The highest BCUT2D eigenvalue weighted by molar-refractivity contribution is 5.73. The Bertz CT molecular complexity index is 178. The van der Waals surface area contributed by atoms with Crippen LogP contribution < -0.4 is 11.1 Å². The van der Waals surface area contributed by atoms with Gasteiger partial charge in [0.05, 0.1) is 0 Å². The molecule has 2 amide bonds. The van der Waals surface area contributed by atoms with Crippen molar-refractivity contribution in [3.63, 3.8) is 0 Å². The van der Waals surface area contributed by atoms with Gasteiger partial charge in [0.15, 0.2) is 0 Å². The number of carbonyl (C=O) groups excluding carboxylic acids is 1. The monoisotopic (exact) mass is 185 g/mol. The van der Waals surface area contributed by atoms with Gasteiger partial charge in [-0.3, -0.25) is 0 Å². The molecule has 1 fully saturated rings. The Hall–Kier alpha value is -0.770. The Morgan fingerprint density at radius 1 is 1.62 bits per heavy atom. The van der Waals surface area contributed by atoms with Crippen molar-refractivity contribution >= 4 is 6.03 Å². The fourth-order valence-corrected chi connectivity index (χ4v) is 1.46. The van der Waals surface area contributed by atoms with Crippen LogP contribution in [0.4, 0.5) is 4.79 Å². The predicted octanol–water partition coefficient (Wildman–Crippen LogP) is 0.385. The molecule has 0 unspecified atom stereocenters. The molecule has 0 atom stereocenters. The smallest absolute Gasteiger partial charge is 0.317 e. The Labute approximate surface area is 79.5 Å². The highest BCUT2D eigenvalue weighted by Crippen LogP contribution is 2.24. The highest BCUT2D eigenvalue weighted by Gasteiger charge is 2.26. The largest absolute Gasteiger partial charge is 0.338 e. The van der Waals surface area contributed by atoms with Crippen LogP contribution in [0.15, 0.2) is 0 Å². The molecule has 1 saturated carbocycles. The molecule has 1 aliphatic rings. The van der Waals surface area contributed by atoms with E-state index >= 15 is 0 Å². The topological polar surface area (TPSA) is 58.4 Å². The average molecular weight is 185 g/mol. The zero-order valence-electron chi connectivity index (χ0n) is 8.42. The molecule has 4 heteroatoms. The summed E-state index contributed by atoms with van der Waals surface area (Å²) in [4.78, 5) is 12.9. The first kappa shape index (κ1) is 10.3. The molecule has 0 spiro atoms. The summed E-state index contributed by atoms with van der Waals surface area (Å²) in [5, 5.41) is 2.89. The van der Waals surface area contributed by atoms with Crippen LogP contribution in [0.25, 0.3) is 0 Å². The molecule has 1 aliphatic carbocycles. The van der Waals surface area contributed by atoms with Crippen molar-refractivity contribution in [2.24, 2.45) is 11.7 Å². The molecule has 0 heterocycles. The molecular weight excluding hydrogens is 166 g/mol. The van der Waals surface area contributed by atoms with Crippen LogP contribution in [0.3, 0.4) is 0 Å². The molecule has 76 valence electrons. The van der Waals surface area contributed by atoms with Gasteiger partial charge in [-0.25, -0.2) is 4.79 Å². The van der Waals surface area contributed by atoms with Crippen LogP contribution in [-0.2, 0) is 0 Å².